The lowest BCUT2D eigenvalue weighted by Gasteiger charge is -2.14. The standard InChI is InChI=1S/C13H16BrClO/c1-2-3-4-12(14)11-8-10(15)7-9-5-6-16-13(9)11/h7-8,12H,2-6H2,1H3. The monoisotopic (exact) mass is 302 g/mol. The minimum absolute atomic E-state index is 0.359. The molecule has 0 aliphatic carbocycles. The molecular weight excluding hydrogens is 287 g/mol. The minimum atomic E-state index is 0.359. The van der Waals surface area contributed by atoms with E-state index in [1.807, 2.05) is 12.1 Å². The van der Waals surface area contributed by atoms with Crippen LogP contribution in [0, 0.1) is 0 Å². The minimum Gasteiger partial charge on any atom is -0.493 e. The Kier molecular flexibility index (Phi) is 4.15. The van der Waals surface area contributed by atoms with Gasteiger partial charge < -0.3 is 4.74 Å². The van der Waals surface area contributed by atoms with Gasteiger partial charge in [-0.1, -0.05) is 47.3 Å². The number of unbranched alkanes of at least 4 members (excludes halogenated alkanes) is 1. The predicted molar refractivity (Wildman–Crippen MR) is 71.8 cm³/mol. The molecule has 1 heterocycles. The van der Waals surface area contributed by atoms with Crippen LogP contribution in [0.25, 0.3) is 0 Å². The van der Waals surface area contributed by atoms with Gasteiger partial charge in [0.05, 0.1) is 6.61 Å². The lowest BCUT2D eigenvalue weighted by atomic mass is 10.0. The Morgan fingerprint density at radius 2 is 2.31 bits per heavy atom. The van der Waals surface area contributed by atoms with Crippen molar-refractivity contribution >= 4 is 27.5 Å². The maximum absolute atomic E-state index is 6.13. The second kappa shape index (κ2) is 5.42. The molecule has 1 nitrogen and oxygen atoms in total. The van der Waals surface area contributed by atoms with Gasteiger partial charge in [0.1, 0.15) is 5.75 Å². The molecule has 2 rings (SSSR count). The highest BCUT2D eigenvalue weighted by atomic mass is 79.9. The lowest BCUT2D eigenvalue weighted by molar-refractivity contribution is 0.353. The molecule has 1 atom stereocenters. The number of hydrogen-bond acceptors (Lipinski definition) is 1. The van der Waals surface area contributed by atoms with Crippen molar-refractivity contribution in [2.24, 2.45) is 0 Å². The lowest BCUT2D eigenvalue weighted by Crippen LogP contribution is -1.95. The van der Waals surface area contributed by atoms with Gasteiger partial charge in [-0.3, -0.25) is 0 Å². The molecule has 3 heteroatoms. The van der Waals surface area contributed by atoms with Crippen molar-refractivity contribution in [2.45, 2.75) is 37.4 Å². The molecular formula is C13H16BrClO. The number of alkyl halides is 1. The van der Waals surface area contributed by atoms with Crippen LogP contribution in [0.4, 0.5) is 0 Å². The van der Waals surface area contributed by atoms with Gasteiger partial charge in [0.2, 0.25) is 0 Å². The van der Waals surface area contributed by atoms with E-state index >= 15 is 0 Å². The third-order valence-electron chi connectivity index (χ3n) is 2.93. The fourth-order valence-electron chi connectivity index (χ4n) is 2.07. The zero-order valence-electron chi connectivity index (χ0n) is 9.43. The summed E-state index contributed by atoms with van der Waals surface area (Å²) in [6.07, 6.45) is 4.55. The van der Waals surface area contributed by atoms with E-state index in [-0.39, 0.29) is 0 Å². The van der Waals surface area contributed by atoms with E-state index in [1.54, 1.807) is 0 Å². The molecule has 0 radical (unpaired) electrons. The Morgan fingerprint density at radius 1 is 1.50 bits per heavy atom. The summed E-state index contributed by atoms with van der Waals surface area (Å²) in [4.78, 5) is 0.359. The largest absolute Gasteiger partial charge is 0.493 e. The molecule has 0 bridgehead atoms. The van der Waals surface area contributed by atoms with E-state index in [4.69, 9.17) is 16.3 Å². The molecule has 88 valence electrons. The van der Waals surface area contributed by atoms with Crippen molar-refractivity contribution in [3.05, 3.63) is 28.3 Å². The summed E-state index contributed by atoms with van der Waals surface area (Å²) in [6, 6.07) is 4.05. The van der Waals surface area contributed by atoms with Crippen molar-refractivity contribution in [1.29, 1.82) is 0 Å². The normalized spacial score (nSPS) is 15.7. The van der Waals surface area contributed by atoms with E-state index in [2.05, 4.69) is 22.9 Å². The second-order valence-corrected chi connectivity index (χ2v) is 5.73. The maximum Gasteiger partial charge on any atom is 0.127 e. The van der Waals surface area contributed by atoms with Crippen molar-refractivity contribution in [3.63, 3.8) is 0 Å². The molecule has 0 spiro atoms. The Morgan fingerprint density at radius 3 is 3.06 bits per heavy atom. The number of fused-ring (bicyclic) bond motifs is 1. The zero-order chi connectivity index (χ0) is 11.5. The van der Waals surface area contributed by atoms with Crippen LogP contribution in [0.15, 0.2) is 12.1 Å². The molecule has 1 aromatic rings. The Hall–Kier alpha value is -0.210. The predicted octanol–water partition coefficient (Wildman–Crippen LogP) is 4.90. The third kappa shape index (κ3) is 2.54. The zero-order valence-corrected chi connectivity index (χ0v) is 11.8. The van der Waals surface area contributed by atoms with E-state index in [0.29, 0.717) is 4.83 Å². The molecule has 1 aromatic carbocycles. The number of hydrogen-bond donors (Lipinski definition) is 0. The SMILES string of the molecule is CCCCC(Br)c1cc(Cl)cc2c1OCC2. The van der Waals surface area contributed by atoms with Crippen LogP contribution in [-0.2, 0) is 6.42 Å². The van der Waals surface area contributed by atoms with E-state index < -0.39 is 0 Å². The highest BCUT2D eigenvalue weighted by Crippen LogP contribution is 2.41. The van der Waals surface area contributed by atoms with Gasteiger partial charge in [0.15, 0.2) is 0 Å². The van der Waals surface area contributed by atoms with Crippen LogP contribution in [0.3, 0.4) is 0 Å². The van der Waals surface area contributed by atoms with Crippen molar-refractivity contribution in [1.82, 2.24) is 0 Å². The molecule has 1 aliphatic rings. The summed E-state index contributed by atoms with van der Waals surface area (Å²) in [5, 5.41) is 0.820. The van der Waals surface area contributed by atoms with Crippen LogP contribution >= 0.6 is 27.5 Å². The molecule has 0 saturated heterocycles. The number of ether oxygens (including phenoxy) is 1. The molecule has 16 heavy (non-hydrogen) atoms. The van der Waals surface area contributed by atoms with E-state index in [0.717, 1.165) is 30.2 Å². The van der Waals surface area contributed by atoms with Crippen LogP contribution in [-0.4, -0.2) is 6.61 Å². The highest BCUT2D eigenvalue weighted by molar-refractivity contribution is 9.09. The topological polar surface area (TPSA) is 9.23 Å². The Bertz CT molecular complexity index is 378. The van der Waals surface area contributed by atoms with Gasteiger partial charge in [0, 0.05) is 21.8 Å². The number of rotatable bonds is 4. The molecule has 0 saturated carbocycles. The van der Waals surface area contributed by atoms with Gasteiger partial charge >= 0.3 is 0 Å². The van der Waals surface area contributed by atoms with Crippen LogP contribution < -0.4 is 4.74 Å². The summed E-state index contributed by atoms with van der Waals surface area (Å²) < 4.78 is 5.70. The maximum atomic E-state index is 6.13. The van der Waals surface area contributed by atoms with Crippen LogP contribution in [0.1, 0.15) is 42.1 Å². The first kappa shape index (κ1) is 12.3. The third-order valence-corrected chi connectivity index (χ3v) is 4.10. The van der Waals surface area contributed by atoms with Crippen molar-refractivity contribution in [2.75, 3.05) is 6.61 Å². The van der Waals surface area contributed by atoms with Gasteiger partial charge in [-0.2, -0.15) is 0 Å². The average molecular weight is 304 g/mol. The van der Waals surface area contributed by atoms with E-state index in [9.17, 15) is 0 Å². The van der Waals surface area contributed by atoms with Crippen LogP contribution in [0.5, 0.6) is 5.75 Å². The summed E-state index contributed by atoms with van der Waals surface area (Å²) >= 11 is 9.87. The average Bonchev–Trinajstić information content (AvgIpc) is 2.72. The molecule has 0 N–H and O–H groups in total. The molecule has 1 aliphatic heterocycles. The van der Waals surface area contributed by atoms with Gasteiger partial charge in [-0.25, -0.2) is 0 Å². The molecule has 0 aromatic heterocycles. The molecule has 1 unspecified atom stereocenters. The first-order valence-electron chi connectivity index (χ1n) is 5.81. The first-order chi connectivity index (χ1) is 7.72. The number of halogens is 2. The van der Waals surface area contributed by atoms with Crippen LogP contribution in [0.2, 0.25) is 5.02 Å². The first-order valence-corrected chi connectivity index (χ1v) is 7.11. The summed E-state index contributed by atoms with van der Waals surface area (Å²) in [7, 11) is 0. The Balaban J connectivity index is 2.26. The molecule has 0 fully saturated rings. The van der Waals surface area contributed by atoms with Gasteiger partial charge in [-0.15, -0.1) is 0 Å². The summed E-state index contributed by atoms with van der Waals surface area (Å²) in [5.41, 5.74) is 2.47. The van der Waals surface area contributed by atoms with Gasteiger partial charge in [-0.05, 0) is 24.1 Å². The van der Waals surface area contributed by atoms with Gasteiger partial charge in [0.25, 0.3) is 0 Å². The summed E-state index contributed by atoms with van der Waals surface area (Å²) in [6.45, 7) is 2.99. The Labute approximate surface area is 110 Å². The second-order valence-electron chi connectivity index (χ2n) is 4.19. The smallest absolute Gasteiger partial charge is 0.127 e. The fourth-order valence-corrected chi connectivity index (χ4v) is 2.98. The quantitative estimate of drug-likeness (QED) is 0.719. The molecule has 0 amide bonds. The van der Waals surface area contributed by atoms with E-state index in [1.165, 1.54) is 24.0 Å². The van der Waals surface area contributed by atoms with Crippen molar-refractivity contribution < 1.29 is 4.74 Å². The number of benzene rings is 1. The fraction of sp³-hybridized carbons (Fsp3) is 0.538. The highest BCUT2D eigenvalue weighted by Gasteiger charge is 2.21. The van der Waals surface area contributed by atoms with Crippen molar-refractivity contribution in [3.8, 4) is 5.75 Å². The summed E-state index contributed by atoms with van der Waals surface area (Å²) in [5.74, 6) is 1.06.